The van der Waals surface area contributed by atoms with Crippen molar-refractivity contribution < 1.29 is 0 Å². The van der Waals surface area contributed by atoms with Gasteiger partial charge in [-0.1, -0.05) is 103 Å². The summed E-state index contributed by atoms with van der Waals surface area (Å²) in [4.78, 5) is 15.3. The van der Waals surface area contributed by atoms with Crippen molar-refractivity contribution in [3.8, 4) is 28.1 Å². The lowest BCUT2D eigenvalue weighted by atomic mass is 9.95. The van der Waals surface area contributed by atoms with Crippen LogP contribution in [0.1, 0.15) is 23.7 Å². The van der Waals surface area contributed by atoms with E-state index in [-0.39, 0.29) is 6.04 Å². The lowest BCUT2D eigenvalue weighted by Crippen LogP contribution is -2.09. The summed E-state index contributed by atoms with van der Waals surface area (Å²) in [5.74, 6) is 0. The van der Waals surface area contributed by atoms with Crippen LogP contribution in [0.5, 0.6) is 0 Å². The van der Waals surface area contributed by atoms with Gasteiger partial charge in [-0.3, -0.25) is 9.98 Å². The predicted molar refractivity (Wildman–Crippen MR) is 194 cm³/mol. The van der Waals surface area contributed by atoms with Crippen molar-refractivity contribution in [3.05, 3.63) is 175 Å². The van der Waals surface area contributed by atoms with Crippen LogP contribution >= 0.6 is 0 Å². The minimum absolute atomic E-state index is 0.0449. The maximum atomic E-state index is 5.26. The van der Waals surface area contributed by atoms with Crippen LogP contribution in [0.4, 0.5) is 0 Å². The number of hydrogen-bond acceptors (Lipinski definition) is 3. The van der Waals surface area contributed by atoms with E-state index < -0.39 is 0 Å². The van der Waals surface area contributed by atoms with Crippen LogP contribution in [0, 0.1) is 0 Å². The Bertz CT molecular complexity index is 2450. The van der Waals surface area contributed by atoms with Crippen molar-refractivity contribution >= 4 is 38.4 Å². The monoisotopic (exact) mass is 602 g/mol. The summed E-state index contributed by atoms with van der Waals surface area (Å²) in [6, 6.07) is 51.3. The van der Waals surface area contributed by atoms with Crippen LogP contribution in [0.15, 0.2) is 169 Å². The fraction of sp³-hybridized carbons (Fsp3) is 0.0465. The number of para-hydroxylation sites is 1. The van der Waals surface area contributed by atoms with E-state index in [1.54, 1.807) is 0 Å². The van der Waals surface area contributed by atoms with Crippen molar-refractivity contribution in [2.45, 2.75) is 12.5 Å². The summed E-state index contributed by atoms with van der Waals surface area (Å²) in [5.41, 5.74) is 11.5. The van der Waals surface area contributed by atoms with Gasteiger partial charge in [0.1, 0.15) is 0 Å². The summed E-state index contributed by atoms with van der Waals surface area (Å²) in [7, 11) is 0. The van der Waals surface area contributed by atoms with Crippen molar-refractivity contribution in [3.63, 3.8) is 0 Å². The number of nitrogens with zero attached hydrogens (tertiary/aromatic N) is 4. The van der Waals surface area contributed by atoms with Crippen molar-refractivity contribution in [2.75, 3.05) is 0 Å². The maximum absolute atomic E-state index is 5.26. The van der Waals surface area contributed by atoms with Gasteiger partial charge in [0, 0.05) is 22.8 Å². The van der Waals surface area contributed by atoms with Gasteiger partial charge < -0.3 is 4.57 Å². The van der Waals surface area contributed by atoms with Crippen LogP contribution in [0.3, 0.4) is 0 Å². The molecule has 0 amide bonds. The number of rotatable bonds is 5. The van der Waals surface area contributed by atoms with Crippen molar-refractivity contribution in [1.82, 2.24) is 14.5 Å². The van der Waals surface area contributed by atoms with Gasteiger partial charge in [0.2, 0.25) is 0 Å². The van der Waals surface area contributed by atoms with Gasteiger partial charge in [-0.25, -0.2) is 4.98 Å². The minimum atomic E-state index is 0.0449. The normalized spacial score (nSPS) is 14.6. The molecule has 3 aromatic heterocycles. The average molecular weight is 603 g/mol. The number of dihydropyridines is 1. The second-order valence-corrected chi connectivity index (χ2v) is 12.0. The molecule has 0 radical (unpaired) electrons. The fourth-order valence-corrected chi connectivity index (χ4v) is 6.95. The quantitative estimate of drug-likeness (QED) is 0.197. The minimum Gasteiger partial charge on any atom is -0.308 e. The zero-order valence-corrected chi connectivity index (χ0v) is 25.7. The highest BCUT2D eigenvalue weighted by atomic mass is 15.0. The number of aliphatic imine (C=N–C) groups is 1. The van der Waals surface area contributed by atoms with E-state index in [1.165, 1.54) is 16.3 Å². The van der Waals surface area contributed by atoms with Gasteiger partial charge in [-0.05, 0) is 88.5 Å². The Morgan fingerprint density at radius 2 is 1.32 bits per heavy atom. The molecule has 4 nitrogen and oxygen atoms in total. The Morgan fingerprint density at radius 1 is 0.574 bits per heavy atom. The van der Waals surface area contributed by atoms with Gasteiger partial charge in [-0.2, -0.15) is 0 Å². The summed E-state index contributed by atoms with van der Waals surface area (Å²) in [6.07, 6.45) is 7.08. The van der Waals surface area contributed by atoms with Gasteiger partial charge in [0.25, 0.3) is 0 Å². The molecule has 1 atom stereocenters. The molecule has 0 fully saturated rings. The average Bonchev–Trinajstić information content (AvgIpc) is 3.49. The first-order chi connectivity index (χ1) is 23.3. The van der Waals surface area contributed by atoms with Gasteiger partial charge in [-0.15, -0.1) is 0 Å². The molecule has 1 aliphatic rings. The zero-order chi connectivity index (χ0) is 31.2. The molecule has 9 rings (SSSR count). The SMILES string of the molecule is C1=CC(c2cccc(-c3cc(-c4ccccc4)cc(-n4c5ccccc5c5ncccc54)c3)n2)=NC(c2cccc3ccccc23)C1. The summed E-state index contributed by atoms with van der Waals surface area (Å²) >= 11 is 0. The molecular formula is C43H30N4. The van der Waals surface area contributed by atoms with E-state index in [0.717, 1.165) is 67.8 Å². The number of pyridine rings is 2. The van der Waals surface area contributed by atoms with Gasteiger partial charge in [0.15, 0.2) is 0 Å². The molecule has 0 saturated heterocycles. The molecule has 0 saturated carbocycles. The molecule has 0 N–H and O–H groups in total. The first-order valence-electron chi connectivity index (χ1n) is 16.0. The first kappa shape index (κ1) is 27.2. The van der Waals surface area contributed by atoms with Crippen LogP contribution in [-0.2, 0) is 0 Å². The highest BCUT2D eigenvalue weighted by molar-refractivity contribution is 6.09. The molecule has 0 bridgehead atoms. The Hall–Kier alpha value is -6.13. The third kappa shape index (κ3) is 4.82. The molecule has 47 heavy (non-hydrogen) atoms. The summed E-state index contributed by atoms with van der Waals surface area (Å²) in [6.45, 7) is 0. The Balaban J connectivity index is 1.19. The van der Waals surface area contributed by atoms with Crippen LogP contribution in [-0.4, -0.2) is 20.2 Å². The van der Waals surface area contributed by atoms with Crippen molar-refractivity contribution in [1.29, 1.82) is 0 Å². The van der Waals surface area contributed by atoms with E-state index in [4.69, 9.17) is 15.0 Å². The fourth-order valence-electron chi connectivity index (χ4n) is 6.95. The van der Waals surface area contributed by atoms with E-state index >= 15 is 0 Å². The van der Waals surface area contributed by atoms with E-state index in [9.17, 15) is 0 Å². The number of aromatic nitrogens is 3. The number of hydrogen-bond donors (Lipinski definition) is 0. The molecule has 222 valence electrons. The molecule has 8 aromatic rings. The molecule has 0 spiro atoms. The summed E-state index contributed by atoms with van der Waals surface area (Å²) in [5, 5.41) is 3.63. The number of allylic oxidation sites excluding steroid dienone is 1. The van der Waals surface area contributed by atoms with Crippen LogP contribution in [0.2, 0.25) is 0 Å². The predicted octanol–water partition coefficient (Wildman–Crippen LogP) is 10.6. The number of fused-ring (bicyclic) bond motifs is 4. The smallest absolute Gasteiger partial charge is 0.0963 e. The Kier molecular flexibility index (Phi) is 6.57. The molecule has 4 heterocycles. The van der Waals surface area contributed by atoms with Crippen molar-refractivity contribution in [2.24, 2.45) is 4.99 Å². The molecule has 1 aliphatic heterocycles. The van der Waals surface area contributed by atoms with Crippen LogP contribution in [0.25, 0.3) is 60.8 Å². The van der Waals surface area contributed by atoms with E-state index in [1.807, 2.05) is 12.3 Å². The molecule has 5 aromatic carbocycles. The second kappa shape index (κ2) is 11.3. The maximum Gasteiger partial charge on any atom is 0.0963 e. The largest absolute Gasteiger partial charge is 0.308 e. The lowest BCUT2D eigenvalue weighted by molar-refractivity contribution is 0.742. The lowest BCUT2D eigenvalue weighted by Gasteiger charge is -2.19. The summed E-state index contributed by atoms with van der Waals surface area (Å²) < 4.78 is 2.32. The van der Waals surface area contributed by atoms with E-state index in [2.05, 4.69) is 156 Å². The molecule has 0 aliphatic carbocycles. The van der Waals surface area contributed by atoms with Gasteiger partial charge >= 0.3 is 0 Å². The highest BCUT2D eigenvalue weighted by Crippen LogP contribution is 2.36. The molecule has 4 heteroatoms. The van der Waals surface area contributed by atoms with E-state index in [0.29, 0.717) is 0 Å². The number of benzene rings is 5. The third-order valence-corrected chi connectivity index (χ3v) is 9.13. The molecular weight excluding hydrogens is 573 g/mol. The van der Waals surface area contributed by atoms with Gasteiger partial charge in [0.05, 0.1) is 39.7 Å². The Morgan fingerprint density at radius 3 is 2.26 bits per heavy atom. The second-order valence-electron chi connectivity index (χ2n) is 12.0. The first-order valence-corrected chi connectivity index (χ1v) is 16.0. The standard InChI is InChI=1S/C43H30N4/c1-2-12-29(13-3-1)31-26-32(28-33(27-31)47-41-23-7-6-17-36(41)43-42(47)24-11-25-44-43)37-19-9-21-39(45-37)40-22-10-20-38(46-40)35-18-8-15-30-14-4-5-16-34(30)35/h1-19,21-28,38H,20H2. The zero-order valence-electron chi connectivity index (χ0n) is 25.7. The Labute approximate surface area is 273 Å². The van der Waals surface area contributed by atoms with Crippen LogP contribution < -0.4 is 0 Å². The topological polar surface area (TPSA) is 43.1 Å². The highest BCUT2D eigenvalue weighted by Gasteiger charge is 2.19. The third-order valence-electron chi connectivity index (χ3n) is 9.13. The molecule has 1 unspecified atom stereocenters.